The van der Waals surface area contributed by atoms with E-state index < -0.39 is 0 Å². The number of likely N-dealkylation sites (tertiary alicyclic amines) is 1. The van der Waals surface area contributed by atoms with Crippen molar-refractivity contribution in [3.63, 3.8) is 0 Å². The Morgan fingerprint density at radius 2 is 1.50 bits per heavy atom. The molecule has 0 atom stereocenters. The highest BCUT2D eigenvalue weighted by Crippen LogP contribution is 2.32. The Morgan fingerprint density at radius 1 is 0.889 bits per heavy atom. The molecule has 36 heavy (non-hydrogen) atoms. The lowest BCUT2D eigenvalue weighted by molar-refractivity contribution is 0.0931. The number of hydrogen-bond acceptors (Lipinski definition) is 5. The number of piperidine rings is 1. The second-order valence-electron chi connectivity index (χ2n) is 9.78. The maximum atomic E-state index is 13.0. The summed E-state index contributed by atoms with van der Waals surface area (Å²) in [6.45, 7) is 5.76. The van der Waals surface area contributed by atoms with Gasteiger partial charge in [0.05, 0.1) is 24.8 Å². The molecule has 188 valence electrons. The Bertz CT molecular complexity index is 1080. The average molecular weight is 485 g/mol. The van der Waals surface area contributed by atoms with E-state index in [0.29, 0.717) is 36.9 Å². The summed E-state index contributed by atoms with van der Waals surface area (Å²) in [5.41, 5.74) is 10.9. The first-order chi connectivity index (χ1) is 17.7. The molecule has 0 radical (unpaired) electrons. The van der Waals surface area contributed by atoms with Gasteiger partial charge in [0.15, 0.2) is 0 Å². The number of nitrogen functional groups attached to an aromatic ring is 1. The maximum absolute atomic E-state index is 13.0. The Kier molecular flexibility index (Phi) is 7.84. The molecule has 0 saturated carbocycles. The molecule has 3 N–H and O–H groups in total. The zero-order valence-electron chi connectivity index (χ0n) is 20.8. The fourth-order valence-electron chi connectivity index (χ4n) is 5.39. The van der Waals surface area contributed by atoms with Crippen LogP contribution in [-0.4, -0.2) is 56.7 Å². The molecule has 5 rings (SSSR count). The van der Waals surface area contributed by atoms with E-state index in [0.717, 1.165) is 44.7 Å². The Balaban J connectivity index is 1.19. The highest BCUT2D eigenvalue weighted by atomic mass is 16.5. The zero-order chi connectivity index (χ0) is 24.7. The van der Waals surface area contributed by atoms with E-state index in [2.05, 4.69) is 75.8 Å². The third-order valence-electron chi connectivity index (χ3n) is 7.45. The third-order valence-corrected chi connectivity index (χ3v) is 7.45. The van der Waals surface area contributed by atoms with Crippen molar-refractivity contribution in [2.75, 3.05) is 56.6 Å². The average Bonchev–Trinajstić information content (AvgIpc) is 2.94. The van der Waals surface area contributed by atoms with Gasteiger partial charge < -0.3 is 20.7 Å². The molecule has 6 heteroatoms. The van der Waals surface area contributed by atoms with Gasteiger partial charge >= 0.3 is 0 Å². The van der Waals surface area contributed by atoms with Crippen LogP contribution in [0.15, 0.2) is 78.9 Å². The van der Waals surface area contributed by atoms with Gasteiger partial charge in [0, 0.05) is 31.0 Å². The number of morpholine rings is 1. The van der Waals surface area contributed by atoms with Gasteiger partial charge in [-0.15, -0.1) is 0 Å². The fourth-order valence-corrected chi connectivity index (χ4v) is 5.39. The molecule has 2 fully saturated rings. The summed E-state index contributed by atoms with van der Waals surface area (Å²) >= 11 is 0. The monoisotopic (exact) mass is 484 g/mol. The van der Waals surface area contributed by atoms with E-state index in [1.54, 1.807) is 0 Å². The topological polar surface area (TPSA) is 70.8 Å². The van der Waals surface area contributed by atoms with Crippen LogP contribution in [0.1, 0.15) is 40.4 Å². The number of nitrogens with one attached hydrogen (secondary N) is 1. The van der Waals surface area contributed by atoms with E-state index in [9.17, 15) is 4.79 Å². The van der Waals surface area contributed by atoms with Crippen molar-refractivity contribution in [1.29, 1.82) is 0 Å². The van der Waals surface area contributed by atoms with Crippen LogP contribution in [0, 0.1) is 5.92 Å². The van der Waals surface area contributed by atoms with Crippen LogP contribution in [0.3, 0.4) is 0 Å². The number of rotatable bonds is 7. The van der Waals surface area contributed by atoms with Crippen LogP contribution < -0.4 is 16.0 Å². The standard InChI is InChI=1S/C30H36N4O2/c31-28-12-11-26(33-17-19-36-20-18-33)21-27(28)30(35)32-22-23-13-15-34(16-14-23)29(24-7-3-1-4-8-24)25-9-5-2-6-10-25/h1-12,21,23,29H,13-20,22,31H2,(H,32,35). The zero-order valence-corrected chi connectivity index (χ0v) is 20.8. The predicted octanol–water partition coefficient (Wildman–Crippen LogP) is 4.34. The minimum absolute atomic E-state index is 0.0866. The van der Waals surface area contributed by atoms with E-state index >= 15 is 0 Å². The molecular weight excluding hydrogens is 448 g/mol. The van der Waals surface area contributed by atoms with Gasteiger partial charge in [0.25, 0.3) is 5.91 Å². The molecule has 0 aliphatic carbocycles. The third kappa shape index (κ3) is 5.72. The van der Waals surface area contributed by atoms with Gasteiger partial charge in [0.1, 0.15) is 0 Å². The highest BCUT2D eigenvalue weighted by Gasteiger charge is 2.27. The summed E-state index contributed by atoms with van der Waals surface area (Å²) in [5.74, 6) is 0.373. The molecule has 0 spiro atoms. The van der Waals surface area contributed by atoms with Crippen molar-refractivity contribution in [2.45, 2.75) is 18.9 Å². The van der Waals surface area contributed by atoms with Gasteiger partial charge in [-0.2, -0.15) is 0 Å². The second-order valence-corrected chi connectivity index (χ2v) is 9.78. The van der Waals surface area contributed by atoms with Gasteiger partial charge in [0.2, 0.25) is 0 Å². The van der Waals surface area contributed by atoms with Crippen molar-refractivity contribution in [2.24, 2.45) is 5.92 Å². The largest absolute Gasteiger partial charge is 0.398 e. The maximum Gasteiger partial charge on any atom is 0.253 e. The molecule has 3 aromatic rings. The van der Waals surface area contributed by atoms with Crippen molar-refractivity contribution >= 4 is 17.3 Å². The molecule has 2 heterocycles. The highest BCUT2D eigenvalue weighted by molar-refractivity contribution is 6.00. The number of nitrogens with zero attached hydrogens (tertiary/aromatic N) is 2. The van der Waals surface area contributed by atoms with Crippen LogP contribution in [0.5, 0.6) is 0 Å². The normalized spacial score (nSPS) is 17.3. The summed E-state index contributed by atoms with van der Waals surface area (Å²) in [5, 5.41) is 3.17. The summed E-state index contributed by atoms with van der Waals surface area (Å²) < 4.78 is 5.45. The first-order valence-electron chi connectivity index (χ1n) is 13.0. The second kappa shape index (κ2) is 11.6. The van der Waals surface area contributed by atoms with Crippen LogP contribution in [-0.2, 0) is 4.74 Å². The van der Waals surface area contributed by atoms with E-state index in [-0.39, 0.29) is 11.9 Å². The summed E-state index contributed by atoms with van der Waals surface area (Å²) in [7, 11) is 0. The first kappa shape index (κ1) is 24.3. The lowest BCUT2D eigenvalue weighted by Gasteiger charge is -2.38. The number of ether oxygens (including phenoxy) is 1. The number of benzene rings is 3. The van der Waals surface area contributed by atoms with Gasteiger partial charge in [-0.1, -0.05) is 60.7 Å². The molecule has 3 aromatic carbocycles. The quantitative estimate of drug-likeness (QED) is 0.489. The van der Waals surface area contributed by atoms with Crippen LogP contribution in [0.4, 0.5) is 11.4 Å². The van der Waals surface area contributed by atoms with Crippen molar-refractivity contribution in [3.8, 4) is 0 Å². The minimum atomic E-state index is -0.0866. The Labute approximate surface area is 214 Å². The number of nitrogens with two attached hydrogens (primary N) is 1. The lowest BCUT2D eigenvalue weighted by Crippen LogP contribution is -2.40. The van der Waals surface area contributed by atoms with E-state index in [1.807, 2.05) is 18.2 Å². The number of carbonyl (C=O) groups is 1. The lowest BCUT2D eigenvalue weighted by atomic mass is 9.91. The SMILES string of the molecule is Nc1ccc(N2CCOCC2)cc1C(=O)NCC1CCN(C(c2ccccc2)c2ccccc2)CC1. The van der Waals surface area contributed by atoms with Crippen molar-refractivity contribution in [1.82, 2.24) is 10.2 Å². The molecule has 0 bridgehead atoms. The molecule has 1 amide bonds. The van der Waals surface area contributed by atoms with Gasteiger partial charge in [-0.05, 0) is 61.2 Å². The number of carbonyl (C=O) groups excluding carboxylic acids is 1. The molecule has 6 nitrogen and oxygen atoms in total. The smallest absolute Gasteiger partial charge is 0.253 e. The summed E-state index contributed by atoms with van der Waals surface area (Å²) in [6.07, 6.45) is 2.11. The number of hydrogen-bond donors (Lipinski definition) is 2. The first-order valence-corrected chi connectivity index (χ1v) is 13.0. The Hall–Kier alpha value is -3.35. The van der Waals surface area contributed by atoms with Crippen LogP contribution in [0.25, 0.3) is 0 Å². The number of amides is 1. The van der Waals surface area contributed by atoms with Gasteiger partial charge in [-0.3, -0.25) is 9.69 Å². The summed E-state index contributed by atoms with van der Waals surface area (Å²) in [6, 6.07) is 27.5. The molecular formula is C30H36N4O2. The summed E-state index contributed by atoms with van der Waals surface area (Å²) in [4.78, 5) is 17.9. The van der Waals surface area contributed by atoms with Crippen molar-refractivity contribution in [3.05, 3.63) is 95.6 Å². The minimum Gasteiger partial charge on any atom is -0.398 e. The van der Waals surface area contributed by atoms with Crippen LogP contribution >= 0.6 is 0 Å². The molecule has 2 aliphatic rings. The van der Waals surface area contributed by atoms with E-state index in [4.69, 9.17) is 10.5 Å². The van der Waals surface area contributed by atoms with Gasteiger partial charge in [-0.25, -0.2) is 0 Å². The molecule has 0 aromatic heterocycles. The molecule has 2 saturated heterocycles. The number of anilines is 2. The van der Waals surface area contributed by atoms with Crippen molar-refractivity contribution < 1.29 is 9.53 Å². The van der Waals surface area contributed by atoms with Crippen LogP contribution in [0.2, 0.25) is 0 Å². The van der Waals surface area contributed by atoms with E-state index in [1.165, 1.54) is 11.1 Å². The molecule has 0 unspecified atom stereocenters. The predicted molar refractivity (Wildman–Crippen MR) is 145 cm³/mol. The fraction of sp³-hybridized carbons (Fsp3) is 0.367. The molecule has 2 aliphatic heterocycles. The Morgan fingerprint density at radius 3 is 2.11 bits per heavy atom.